The first-order valence-corrected chi connectivity index (χ1v) is 8.10. The fourth-order valence-corrected chi connectivity index (χ4v) is 2.87. The molecule has 0 bridgehead atoms. The maximum Gasteiger partial charge on any atom is 0.318 e. The molecule has 6 heteroatoms. The zero-order valence-corrected chi connectivity index (χ0v) is 13.3. The van der Waals surface area contributed by atoms with Crippen molar-refractivity contribution >= 4 is 6.01 Å². The van der Waals surface area contributed by atoms with Crippen LogP contribution in [0, 0.1) is 5.92 Å². The van der Waals surface area contributed by atoms with Gasteiger partial charge in [0.2, 0.25) is 5.89 Å². The van der Waals surface area contributed by atoms with Gasteiger partial charge in [0.05, 0.1) is 13.2 Å². The maximum absolute atomic E-state index is 5.75. The molecule has 2 rings (SSSR count). The Morgan fingerprint density at radius 2 is 2.24 bits per heavy atom. The molecule has 0 aliphatic carbocycles. The molecule has 1 aliphatic rings. The fourth-order valence-electron chi connectivity index (χ4n) is 2.87. The molecule has 1 atom stereocenters. The van der Waals surface area contributed by atoms with Crippen LogP contribution in [0.1, 0.15) is 44.9 Å². The molecule has 120 valence electrons. The second kappa shape index (κ2) is 9.00. The van der Waals surface area contributed by atoms with Crippen LogP contribution in [0.25, 0.3) is 0 Å². The molecule has 1 saturated heterocycles. The molecule has 21 heavy (non-hydrogen) atoms. The zero-order chi connectivity index (χ0) is 14.9. The lowest BCUT2D eigenvalue weighted by Crippen LogP contribution is -2.24. The van der Waals surface area contributed by atoms with Gasteiger partial charge in [0.15, 0.2) is 0 Å². The van der Waals surface area contributed by atoms with Crippen LogP contribution in [0.15, 0.2) is 4.42 Å². The van der Waals surface area contributed by atoms with E-state index in [4.69, 9.17) is 9.15 Å². The Bertz CT molecular complexity index is 397. The van der Waals surface area contributed by atoms with Gasteiger partial charge in [-0.1, -0.05) is 24.9 Å². The highest BCUT2D eigenvalue weighted by Gasteiger charge is 2.20. The molecular weight excluding hydrogens is 268 g/mol. The number of hydrogen-bond acceptors (Lipinski definition) is 6. The van der Waals surface area contributed by atoms with Crippen LogP contribution in [0.5, 0.6) is 0 Å². The first kappa shape index (κ1) is 16.2. The lowest BCUT2D eigenvalue weighted by atomic mass is 9.96. The molecule has 1 aromatic rings. The molecule has 0 saturated carbocycles. The van der Waals surface area contributed by atoms with Gasteiger partial charge in [-0.3, -0.25) is 0 Å². The number of hydrogen-bond donors (Lipinski definition) is 1. The lowest BCUT2D eigenvalue weighted by Gasteiger charge is -2.17. The smallest absolute Gasteiger partial charge is 0.318 e. The van der Waals surface area contributed by atoms with Crippen LogP contribution in [-0.2, 0) is 11.3 Å². The monoisotopic (exact) mass is 296 g/mol. The molecule has 1 aromatic heterocycles. The van der Waals surface area contributed by atoms with E-state index in [1.807, 2.05) is 0 Å². The van der Waals surface area contributed by atoms with E-state index in [-0.39, 0.29) is 0 Å². The van der Waals surface area contributed by atoms with Gasteiger partial charge in [0.1, 0.15) is 0 Å². The van der Waals surface area contributed by atoms with Crippen LogP contribution in [-0.4, -0.2) is 43.5 Å². The molecule has 6 nitrogen and oxygen atoms in total. The summed E-state index contributed by atoms with van der Waals surface area (Å²) in [7, 11) is 1.69. The van der Waals surface area contributed by atoms with Crippen molar-refractivity contribution in [1.82, 2.24) is 15.5 Å². The fraction of sp³-hybridized carbons (Fsp3) is 0.867. The van der Waals surface area contributed by atoms with Crippen molar-refractivity contribution in [2.75, 3.05) is 38.3 Å². The van der Waals surface area contributed by atoms with Crippen LogP contribution in [0.3, 0.4) is 0 Å². The number of rotatable bonds is 8. The number of ether oxygens (including phenoxy) is 1. The van der Waals surface area contributed by atoms with Gasteiger partial charge >= 0.3 is 6.01 Å². The van der Waals surface area contributed by atoms with Gasteiger partial charge < -0.3 is 19.4 Å². The van der Waals surface area contributed by atoms with Gasteiger partial charge in [-0.05, 0) is 25.2 Å². The van der Waals surface area contributed by atoms with E-state index >= 15 is 0 Å². The van der Waals surface area contributed by atoms with E-state index in [1.165, 1.54) is 32.1 Å². The third-order valence-electron chi connectivity index (χ3n) is 4.03. The topological polar surface area (TPSA) is 63.4 Å². The molecule has 0 aromatic carbocycles. The number of nitrogens with zero attached hydrogens (tertiary/aromatic N) is 3. The predicted molar refractivity (Wildman–Crippen MR) is 82.3 cm³/mol. The van der Waals surface area contributed by atoms with Gasteiger partial charge in [-0.25, -0.2) is 0 Å². The summed E-state index contributed by atoms with van der Waals surface area (Å²) in [5.74, 6) is 1.51. The largest absolute Gasteiger partial charge is 0.407 e. The number of nitrogens with one attached hydrogen (secondary N) is 1. The molecule has 1 N–H and O–H groups in total. The lowest BCUT2D eigenvalue weighted by molar-refractivity contribution is 0.198. The SMILES string of the molecule is CCCC1CCCN(c2nnc(CNCCOC)o2)CC1. The Morgan fingerprint density at radius 3 is 3.05 bits per heavy atom. The first-order chi connectivity index (χ1) is 10.3. The average molecular weight is 296 g/mol. The molecule has 0 spiro atoms. The van der Waals surface area contributed by atoms with Crippen molar-refractivity contribution < 1.29 is 9.15 Å². The van der Waals surface area contributed by atoms with E-state index in [1.54, 1.807) is 7.11 Å². The summed E-state index contributed by atoms with van der Waals surface area (Å²) >= 11 is 0. The summed E-state index contributed by atoms with van der Waals surface area (Å²) in [5.41, 5.74) is 0. The Kier molecular flexibility index (Phi) is 6.95. The Morgan fingerprint density at radius 1 is 1.33 bits per heavy atom. The second-order valence-corrected chi connectivity index (χ2v) is 5.72. The van der Waals surface area contributed by atoms with E-state index in [9.17, 15) is 0 Å². The molecule has 0 radical (unpaired) electrons. The van der Waals surface area contributed by atoms with E-state index < -0.39 is 0 Å². The highest BCUT2D eigenvalue weighted by molar-refractivity contribution is 5.24. The third kappa shape index (κ3) is 5.28. The molecular formula is C15H28N4O2. The van der Waals surface area contributed by atoms with Crippen molar-refractivity contribution in [3.05, 3.63) is 5.89 Å². The first-order valence-electron chi connectivity index (χ1n) is 8.10. The van der Waals surface area contributed by atoms with Crippen LogP contribution in [0.4, 0.5) is 6.01 Å². The maximum atomic E-state index is 5.75. The minimum atomic E-state index is 0.600. The van der Waals surface area contributed by atoms with Crippen LogP contribution >= 0.6 is 0 Å². The second-order valence-electron chi connectivity index (χ2n) is 5.72. The average Bonchev–Trinajstić information content (AvgIpc) is 2.83. The highest BCUT2D eigenvalue weighted by Crippen LogP contribution is 2.24. The minimum absolute atomic E-state index is 0.600. The van der Waals surface area contributed by atoms with Crippen molar-refractivity contribution in [2.24, 2.45) is 5.92 Å². The van der Waals surface area contributed by atoms with Gasteiger partial charge in [-0.15, -0.1) is 5.10 Å². The van der Waals surface area contributed by atoms with Gasteiger partial charge in [0.25, 0.3) is 0 Å². The number of anilines is 1. The summed E-state index contributed by atoms with van der Waals surface area (Å²) in [6.07, 6.45) is 6.39. The van der Waals surface area contributed by atoms with Crippen LogP contribution in [0.2, 0.25) is 0 Å². The number of aromatic nitrogens is 2. The zero-order valence-electron chi connectivity index (χ0n) is 13.3. The van der Waals surface area contributed by atoms with Crippen molar-refractivity contribution in [3.8, 4) is 0 Å². The van der Waals surface area contributed by atoms with Crippen LogP contribution < -0.4 is 10.2 Å². The van der Waals surface area contributed by atoms with Gasteiger partial charge in [0, 0.05) is 26.7 Å². The highest BCUT2D eigenvalue weighted by atomic mass is 16.5. The molecule has 1 fully saturated rings. The number of methoxy groups -OCH3 is 1. The Balaban J connectivity index is 1.80. The quantitative estimate of drug-likeness (QED) is 0.742. The van der Waals surface area contributed by atoms with E-state index in [0.29, 0.717) is 25.1 Å². The third-order valence-corrected chi connectivity index (χ3v) is 4.03. The van der Waals surface area contributed by atoms with Crippen molar-refractivity contribution in [1.29, 1.82) is 0 Å². The Hall–Kier alpha value is -1.14. The normalized spacial score (nSPS) is 19.7. The van der Waals surface area contributed by atoms with Crippen molar-refractivity contribution in [2.45, 2.75) is 45.6 Å². The summed E-state index contributed by atoms with van der Waals surface area (Å²) in [6.45, 7) is 6.40. The molecule has 1 unspecified atom stereocenters. The minimum Gasteiger partial charge on any atom is -0.407 e. The molecule has 0 amide bonds. The standard InChI is InChI=1S/C15H28N4O2/c1-3-5-13-6-4-9-19(10-7-13)15-18-17-14(21-15)12-16-8-11-20-2/h13,16H,3-12H2,1-2H3. The molecule has 1 aliphatic heterocycles. The summed E-state index contributed by atoms with van der Waals surface area (Å²) in [5, 5.41) is 11.5. The summed E-state index contributed by atoms with van der Waals surface area (Å²) in [4.78, 5) is 2.24. The predicted octanol–water partition coefficient (Wildman–Crippen LogP) is 2.21. The van der Waals surface area contributed by atoms with E-state index in [0.717, 1.165) is 25.6 Å². The van der Waals surface area contributed by atoms with Gasteiger partial charge in [-0.2, -0.15) is 0 Å². The van der Waals surface area contributed by atoms with E-state index in [2.05, 4.69) is 27.3 Å². The van der Waals surface area contributed by atoms with Crippen molar-refractivity contribution in [3.63, 3.8) is 0 Å². The Labute approximate surface area is 127 Å². The molecule has 2 heterocycles. The summed E-state index contributed by atoms with van der Waals surface area (Å²) < 4.78 is 10.7. The summed E-state index contributed by atoms with van der Waals surface area (Å²) in [6, 6.07) is 0.677.